The number of halogens is 1. The third-order valence-electron chi connectivity index (χ3n) is 4.51. The second kappa shape index (κ2) is 14.9. The summed E-state index contributed by atoms with van der Waals surface area (Å²) in [4.78, 5) is 0. The van der Waals surface area contributed by atoms with Gasteiger partial charge in [0.2, 0.25) is 0 Å². The van der Waals surface area contributed by atoms with Gasteiger partial charge in [-0.25, -0.2) is 0 Å². The number of nitriles is 2. The van der Waals surface area contributed by atoms with E-state index in [1.54, 1.807) is 48.5 Å². The molecule has 0 aromatic heterocycles. The molecule has 0 bridgehead atoms. The van der Waals surface area contributed by atoms with E-state index >= 15 is 0 Å². The molecule has 0 aliphatic heterocycles. The van der Waals surface area contributed by atoms with Crippen LogP contribution in [-0.2, 0) is 0 Å². The topological polar surface area (TPSA) is 140 Å². The highest BCUT2D eigenvalue weighted by Gasteiger charge is 2.07. The fraction of sp³-hybridized carbons (Fsp3) is 0.0370. The number of nitrogens with zero attached hydrogens (tertiary/aromatic N) is 2. The number of nitrogens with two attached hydrogens (primary N) is 2. The lowest BCUT2D eigenvalue weighted by Crippen LogP contribution is -2.29. The van der Waals surface area contributed by atoms with E-state index in [0.717, 1.165) is 15.6 Å². The Balaban J connectivity index is 0.000000271. The molecule has 0 amide bonds. The minimum Gasteiger partial charge on any atom is -0.423 e. The van der Waals surface area contributed by atoms with Crippen LogP contribution < -0.4 is 16.9 Å². The molecule has 0 aliphatic rings. The second-order valence-electron chi connectivity index (χ2n) is 6.91. The highest BCUT2D eigenvalue weighted by Crippen LogP contribution is 2.23. The standard InChI is InChI=1S/C13H10N2.C7H5BrN2.C6H7BO2.CH4/c14-9-12-8-11(6-7-13(12)15)10-4-2-1-3-5-10;8-6-1-2-7(10)5(3-6)4-9;8-7(9)6-4-2-1-3-5-6;/h1-8H,15H2;1-3H,10H2;1-5,8-9H;1H4. The molecule has 0 spiro atoms. The summed E-state index contributed by atoms with van der Waals surface area (Å²) in [6, 6.07) is 33.3. The van der Waals surface area contributed by atoms with Crippen LogP contribution in [0.4, 0.5) is 11.4 Å². The SMILES string of the molecule is C.N#Cc1cc(-c2ccccc2)ccc1N.N#Cc1cc(Br)ccc1N.OB(O)c1ccccc1. The number of anilines is 2. The summed E-state index contributed by atoms with van der Waals surface area (Å²) in [7, 11) is -1.34. The molecular weight excluding hydrogens is 503 g/mol. The Bertz CT molecular complexity index is 1290. The van der Waals surface area contributed by atoms with Crippen molar-refractivity contribution in [2.75, 3.05) is 11.5 Å². The Morgan fingerprint density at radius 1 is 0.657 bits per heavy atom. The van der Waals surface area contributed by atoms with Crippen molar-refractivity contribution in [3.05, 3.63) is 113 Å². The van der Waals surface area contributed by atoms with Crippen LogP contribution in [0.25, 0.3) is 11.1 Å². The summed E-state index contributed by atoms with van der Waals surface area (Å²) in [6.07, 6.45) is 0. The van der Waals surface area contributed by atoms with Crippen molar-refractivity contribution in [2.45, 2.75) is 7.43 Å². The van der Waals surface area contributed by atoms with Crippen molar-refractivity contribution >= 4 is 39.9 Å². The first-order valence-electron chi connectivity index (χ1n) is 10.1. The Hall–Kier alpha value is -4.08. The zero-order valence-electron chi connectivity index (χ0n) is 18.1. The summed E-state index contributed by atoms with van der Waals surface area (Å²) in [6.45, 7) is 0. The summed E-state index contributed by atoms with van der Waals surface area (Å²) in [5, 5.41) is 34.5. The molecular formula is C27H26BBrN4O2. The van der Waals surface area contributed by atoms with E-state index in [1.165, 1.54) is 0 Å². The predicted molar refractivity (Wildman–Crippen MR) is 147 cm³/mol. The van der Waals surface area contributed by atoms with Crippen LogP contribution in [0, 0.1) is 22.7 Å². The van der Waals surface area contributed by atoms with Crippen molar-refractivity contribution in [2.24, 2.45) is 0 Å². The Kier molecular flexibility index (Phi) is 12.4. The molecule has 4 aromatic rings. The maximum absolute atomic E-state index is 8.86. The predicted octanol–water partition coefficient (Wildman–Crippen LogP) is 4.71. The third-order valence-corrected chi connectivity index (χ3v) is 5.01. The highest BCUT2D eigenvalue weighted by molar-refractivity contribution is 9.10. The van der Waals surface area contributed by atoms with Crippen molar-refractivity contribution in [3.8, 4) is 23.3 Å². The molecule has 176 valence electrons. The van der Waals surface area contributed by atoms with E-state index in [9.17, 15) is 0 Å². The van der Waals surface area contributed by atoms with E-state index in [0.29, 0.717) is 28.0 Å². The van der Waals surface area contributed by atoms with E-state index in [-0.39, 0.29) is 7.43 Å². The van der Waals surface area contributed by atoms with Crippen LogP contribution in [0.5, 0.6) is 0 Å². The van der Waals surface area contributed by atoms with E-state index < -0.39 is 7.12 Å². The van der Waals surface area contributed by atoms with Gasteiger partial charge in [-0.15, -0.1) is 0 Å². The number of hydrogen-bond donors (Lipinski definition) is 4. The molecule has 0 saturated heterocycles. The maximum atomic E-state index is 8.86. The average Bonchev–Trinajstić information content (AvgIpc) is 2.87. The van der Waals surface area contributed by atoms with Crippen LogP contribution in [0.1, 0.15) is 18.6 Å². The summed E-state index contributed by atoms with van der Waals surface area (Å²) in [5.74, 6) is 0. The molecule has 0 saturated carbocycles. The van der Waals surface area contributed by atoms with Gasteiger partial charge in [-0.2, -0.15) is 10.5 Å². The fourth-order valence-electron chi connectivity index (χ4n) is 2.71. The van der Waals surface area contributed by atoms with Gasteiger partial charge in [0.05, 0.1) is 11.1 Å². The molecule has 4 aromatic carbocycles. The van der Waals surface area contributed by atoms with Crippen LogP contribution in [0.2, 0.25) is 0 Å². The van der Waals surface area contributed by atoms with E-state index in [4.69, 9.17) is 32.0 Å². The van der Waals surface area contributed by atoms with Crippen molar-refractivity contribution in [3.63, 3.8) is 0 Å². The van der Waals surface area contributed by atoms with Crippen LogP contribution in [0.15, 0.2) is 102 Å². The molecule has 35 heavy (non-hydrogen) atoms. The lowest BCUT2D eigenvalue weighted by molar-refractivity contribution is 0.426. The van der Waals surface area contributed by atoms with Gasteiger partial charge in [0.1, 0.15) is 12.1 Å². The van der Waals surface area contributed by atoms with Crippen LogP contribution in [-0.4, -0.2) is 17.2 Å². The molecule has 0 radical (unpaired) electrons. The van der Waals surface area contributed by atoms with Crippen LogP contribution in [0.3, 0.4) is 0 Å². The van der Waals surface area contributed by atoms with Crippen molar-refractivity contribution in [1.82, 2.24) is 0 Å². The number of hydrogen-bond acceptors (Lipinski definition) is 6. The summed E-state index contributed by atoms with van der Waals surface area (Å²) < 4.78 is 0.873. The number of nitrogen functional groups attached to an aromatic ring is 2. The molecule has 0 fully saturated rings. The zero-order valence-corrected chi connectivity index (χ0v) is 19.7. The van der Waals surface area contributed by atoms with Gasteiger partial charge in [0, 0.05) is 15.8 Å². The van der Waals surface area contributed by atoms with E-state index in [2.05, 4.69) is 22.0 Å². The molecule has 0 heterocycles. The smallest absolute Gasteiger partial charge is 0.423 e. The Morgan fingerprint density at radius 3 is 1.60 bits per heavy atom. The van der Waals surface area contributed by atoms with E-state index in [1.807, 2.05) is 54.6 Å². The van der Waals surface area contributed by atoms with Gasteiger partial charge in [-0.3, -0.25) is 0 Å². The normalized spacial score (nSPS) is 8.94. The maximum Gasteiger partial charge on any atom is 0.488 e. The fourth-order valence-corrected chi connectivity index (χ4v) is 3.07. The number of benzene rings is 4. The largest absolute Gasteiger partial charge is 0.488 e. The van der Waals surface area contributed by atoms with Crippen molar-refractivity contribution < 1.29 is 10.0 Å². The molecule has 6 N–H and O–H groups in total. The van der Waals surface area contributed by atoms with Gasteiger partial charge in [0.25, 0.3) is 0 Å². The average molecular weight is 529 g/mol. The molecule has 0 unspecified atom stereocenters. The Morgan fingerprint density at radius 2 is 1.14 bits per heavy atom. The lowest BCUT2D eigenvalue weighted by atomic mass is 9.81. The minimum absolute atomic E-state index is 0. The minimum atomic E-state index is -1.34. The van der Waals surface area contributed by atoms with Gasteiger partial charge < -0.3 is 21.5 Å². The quantitative estimate of drug-likeness (QED) is 0.219. The monoisotopic (exact) mass is 528 g/mol. The molecule has 4 rings (SSSR count). The zero-order chi connectivity index (χ0) is 24.9. The van der Waals surface area contributed by atoms with Gasteiger partial charge in [-0.1, -0.05) is 90.1 Å². The van der Waals surface area contributed by atoms with Crippen LogP contribution >= 0.6 is 15.9 Å². The lowest BCUT2D eigenvalue weighted by Gasteiger charge is -2.03. The molecule has 0 atom stereocenters. The highest BCUT2D eigenvalue weighted by atomic mass is 79.9. The first-order valence-corrected chi connectivity index (χ1v) is 10.9. The summed E-state index contributed by atoms with van der Waals surface area (Å²) >= 11 is 3.23. The first-order chi connectivity index (χ1) is 16.3. The molecule has 6 nitrogen and oxygen atoms in total. The third kappa shape index (κ3) is 9.36. The molecule has 0 aliphatic carbocycles. The Labute approximate surface area is 215 Å². The first kappa shape index (κ1) is 29.0. The summed E-state index contributed by atoms with van der Waals surface area (Å²) in [5.41, 5.74) is 15.8. The molecule has 8 heteroatoms. The van der Waals surface area contributed by atoms with Crippen molar-refractivity contribution in [1.29, 1.82) is 10.5 Å². The van der Waals surface area contributed by atoms with Gasteiger partial charge >= 0.3 is 7.12 Å². The number of rotatable bonds is 2. The van der Waals surface area contributed by atoms with Gasteiger partial charge in [0.15, 0.2) is 0 Å². The second-order valence-corrected chi connectivity index (χ2v) is 7.82. The van der Waals surface area contributed by atoms with Gasteiger partial charge in [-0.05, 0) is 46.9 Å².